The minimum absolute atomic E-state index is 0.409. The fourth-order valence-corrected chi connectivity index (χ4v) is 1.81. The summed E-state index contributed by atoms with van der Waals surface area (Å²) in [7, 11) is 0. The Balaban J connectivity index is 2.44. The molecule has 0 N–H and O–H groups in total. The molecule has 1 aromatic heterocycles. The number of aromatic nitrogens is 2. The van der Waals surface area contributed by atoms with Crippen LogP contribution < -0.4 is 0 Å². The van der Waals surface area contributed by atoms with Crippen molar-refractivity contribution >= 4 is 11.6 Å². The van der Waals surface area contributed by atoms with Gasteiger partial charge in [0.05, 0.1) is 16.9 Å². The third kappa shape index (κ3) is 2.22. The molecule has 18 heavy (non-hydrogen) atoms. The van der Waals surface area contributed by atoms with Crippen LogP contribution in [0.3, 0.4) is 0 Å². The van der Waals surface area contributed by atoms with Crippen LogP contribution in [0.15, 0.2) is 24.3 Å². The predicted molar refractivity (Wildman–Crippen MR) is 63.1 cm³/mol. The molecule has 1 aromatic carbocycles. The molecule has 1 heterocycles. The Morgan fingerprint density at radius 2 is 1.67 bits per heavy atom. The van der Waals surface area contributed by atoms with E-state index in [1.54, 1.807) is 6.92 Å². The Bertz CT molecular complexity index is 570. The highest BCUT2D eigenvalue weighted by atomic mass is 35.5. The van der Waals surface area contributed by atoms with Gasteiger partial charge in [0.1, 0.15) is 5.15 Å². The number of nitrogens with zero attached hydrogens (tertiary/aromatic N) is 2. The molecule has 0 amide bonds. The summed E-state index contributed by atoms with van der Waals surface area (Å²) in [5, 5.41) is 4.58. The van der Waals surface area contributed by atoms with Gasteiger partial charge in [0.2, 0.25) is 0 Å². The minimum Gasteiger partial charge on any atom is -0.222 e. The predicted octanol–water partition coefficient (Wildman–Crippen LogP) is 4.16. The van der Waals surface area contributed by atoms with Crippen LogP contribution in [0.4, 0.5) is 13.2 Å². The molecular weight excluding hydrogens is 265 g/mol. The molecule has 2 rings (SSSR count). The van der Waals surface area contributed by atoms with E-state index < -0.39 is 11.7 Å². The molecule has 0 saturated carbocycles. The van der Waals surface area contributed by atoms with Crippen molar-refractivity contribution in [3.63, 3.8) is 0 Å². The number of hydrogen-bond donors (Lipinski definition) is 0. The number of aryl methyl sites for hydroxylation is 1. The summed E-state index contributed by atoms with van der Waals surface area (Å²) in [5.74, 6) is 0. The Morgan fingerprint density at radius 3 is 2.06 bits per heavy atom. The molecule has 0 atom stereocenters. The molecule has 96 valence electrons. The van der Waals surface area contributed by atoms with Gasteiger partial charge in [-0.15, -0.1) is 0 Å². The molecule has 6 heteroatoms. The standard InChI is InChI=1S/C12H10ClF3N2/c1-7-8(2)17-18(11(7)13)10-5-3-9(4-6-10)12(14,15)16/h3-6H,1-2H3. The van der Waals surface area contributed by atoms with Gasteiger partial charge in [-0.25, -0.2) is 4.68 Å². The molecule has 2 nitrogen and oxygen atoms in total. The maximum Gasteiger partial charge on any atom is 0.416 e. The monoisotopic (exact) mass is 274 g/mol. The van der Waals surface area contributed by atoms with E-state index in [4.69, 9.17) is 11.6 Å². The highest BCUT2D eigenvalue weighted by Crippen LogP contribution is 2.30. The number of benzene rings is 1. The van der Waals surface area contributed by atoms with E-state index in [9.17, 15) is 13.2 Å². The first kappa shape index (κ1) is 13.0. The van der Waals surface area contributed by atoms with Crippen LogP contribution in [0.1, 0.15) is 16.8 Å². The average molecular weight is 275 g/mol. The topological polar surface area (TPSA) is 17.8 Å². The summed E-state index contributed by atoms with van der Waals surface area (Å²) >= 11 is 6.06. The van der Waals surface area contributed by atoms with Crippen LogP contribution in [0.25, 0.3) is 5.69 Å². The summed E-state index contributed by atoms with van der Waals surface area (Å²) in [6.45, 7) is 3.60. The van der Waals surface area contributed by atoms with Gasteiger partial charge in [-0.1, -0.05) is 11.6 Å². The molecule has 0 fully saturated rings. The first-order valence-electron chi connectivity index (χ1n) is 5.20. The summed E-state index contributed by atoms with van der Waals surface area (Å²) in [4.78, 5) is 0. The zero-order chi connectivity index (χ0) is 13.5. The average Bonchev–Trinajstić information content (AvgIpc) is 2.56. The van der Waals surface area contributed by atoms with E-state index in [1.807, 2.05) is 6.92 Å². The second kappa shape index (κ2) is 4.31. The van der Waals surface area contributed by atoms with Crippen molar-refractivity contribution in [2.45, 2.75) is 20.0 Å². The Hall–Kier alpha value is -1.49. The maximum absolute atomic E-state index is 12.4. The lowest BCUT2D eigenvalue weighted by Crippen LogP contribution is -2.05. The first-order valence-corrected chi connectivity index (χ1v) is 5.58. The lowest BCUT2D eigenvalue weighted by molar-refractivity contribution is -0.137. The van der Waals surface area contributed by atoms with E-state index in [-0.39, 0.29) is 0 Å². The van der Waals surface area contributed by atoms with Gasteiger partial charge in [-0.05, 0) is 38.1 Å². The molecule has 0 saturated heterocycles. The van der Waals surface area contributed by atoms with Gasteiger partial charge in [0.15, 0.2) is 0 Å². The van der Waals surface area contributed by atoms with E-state index in [0.717, 1.165) is 23.4 Å². The molecular formula is C12H10ClF3N2. The van der Waals surface area contributed by atoms with Crippen LogP contribution in [0, 0.1) is 13.8 Å². The van der Waals surface area contributed by atoms with Crippen LogP contribution in [0.2, 0.25) is 5.15 Å². The SMILES string of the molecule is Cc1nn(-c2ccc(C(F)(F)F)cc2)c(Cl)c1C. The van der Waals surface area contributed by atoms with E-state index in [0.29, 0.717) is 10.8 Å². The second-order valence-electron chi connectivity index (χ2n) is 3.96. The van der Waals surface area contributed by atoms with Gasteiger partial charge >= 0.3 is 6.18 Å². The largest absolute Gasteiger partial charge is 0.416 e. The lowest BCUT2D eigenvalue weighted by Gasteiger charge is -2.08. The molecule has 0 aliphatic carbocycles. The summed E-state index contributed by atoms with van der Waals surface area (Å²) < 4.78 is 38.7. The minimum atomic E-state index is -4.34. The van der Waals surface area contributed by atoms with Crippen LogP contribution in [-0.4, -0.2) is 9.78 Å². The number of halogens is 4. The molecule has 0 spiro atoms. The van der Waals surface area contributed by atoms with E-state index in [1.165, 1.54) is 16.8 Å². The fourth-order valence-electron chi connectivity index (χ4n) is 1.54. The van der Waals surface area contributed by atoms with Gasteiger partial charge in [0.25, 0.3) is 0 Å². The van der Waals surface area contributed by atoms with Gasteiger partial charge in [-0.3, -0.25) is 0 Å². The number of hydrogen-bond acceptors (Lipinski definition) is 1. The number of rotatable bonds is 1. The van der Waals surface area contributed by atoms with Crippen molar-refractivity contribution in [3.8, 4) is 5.69 Å². The van der Waals surface area contributed by atoms with E-state index in [2.05, 4.69) is 5.10 Å². The van der Waals surface area contributed by atoms with Crippen LogP contribution in [-0.2, 0) is 6.18 Å². The smallest absolute Gasteiger partial charge is 0.222 e. The molecule has 2 aromatic rings. The highest BCUT2D eigenvalue weighted by Gasteiger charge is 2.30. The lowest BCUT2D eigenvalue weighted by atomic mass is 10.2. The number of alkyl halides is 3. The molecule has 0 aliphatic rings. The zero-order valence-corrected chi connectivity index (χ0v) is 10.5. The van der Waals surface area contributed by atoms with Gasteiger partial charge in [0, 0.05) is 5.56 Å². The van der Waals surface area contributed by atoms with E-state index >= 15 is 0 Å². The fraction of sp³-hybridized carbons (Fsp3) is 0.250. The van der Waals surface area contributed by atoms with Gasteiger partial charge in [-0.2, -0.15) is 18.3 Å². The molecule has 0 bridgehead atoms. The third-order valence-electron chi connectivity index (χ3n) is 2.73. The van der Waals surface area contributed by atoms with Crippen molar-refractivity contribution in [2.24, 2.45) is 0 Å². The zero-order valence-electron chi connectivity index (χ0n) is 9.72. The Kier molecular flexibility index (Phi) is 3.11. The van der Waals surface area contributed by atoms with Crippen molar-refractivity contribution < 1.29 is 13.2 Å². The van der Waals surface area contributed by atoms with Crippen LogP contribution >= 0.6 is 11.6 Å². The summed E-state index contributed by atoms with van der Waals surface area (Å²) in [6.07, 6.45) is -4.34. The quantitative estimate of drug-likeness (QED) is 0.763. The highest BCUT2D eigenvalue weighted by molar-refractivity contribution is 6.30. The van der Waals surface area contributed by atoms with Crippen molar-refractivity contribution in [1.29, 1.82) is 0 Å². The molecule has 0 radical (unpaired) electrons. The van der Waals surface area contributed by atoms with Crippen molar-refractivity contribution in [2.75, 3.05) is 0 Å². The van der Waals surface area contributed by atoms with Crippen LogP contribution in [0.5, 0.6) is 0 Å². The molecule has 0 unspecified atom stereocenters. The van der Waals surface area contributed by atoms with Crippen molar-refractivity contribution in [1.82, 2.24) is 9.78 Å². The van der Waals surface area contributed by atoms with Gasteiger partial charge < -0.3 is 0 Å². The Labute approximate surface area is 107 Å². The van der Waals surface area contributed by atoms with Crippen molar-refractivity contribution in [3.05, 3.63) is 46.2 Å². The maximum atomic E-state index is 12.4. The normalized spacial score (nSPS) is 11.9. The second-order valence-corrected chi connectivity index (χ2v) is 4.32. The first-order chi connectivity index (χ1) is 8.30. The Morgan fingerprint density at radius 1 is 1.11 bits per heavy atom. The third-order valence-corrected chi connectivity index (χ3v) is 3.17. The summed E-state index contributed by atoms with van der Waals surface area (Å²) in [5.41, 5.74) is 1.38. The molecule has 0 aliphatic heterocycles. The summed E-state index contributed by atoms with van der Waals surface area (Å²) in [6, 6.07) is 4.72.